The number of allylic oxidation sites excluding steroid dienone is 1. The zero-order valence-electron chi connectivity index (χ0n) is 15.9. The molecular weight excluding hydrogens is 378 g/mol. The van der Waals surface area contributed by atoms with Gasteiger partial charge in [-0.1, -0.05) is 11.6 Å². The monoisotopic (exact) mass is 405 g/mol. The summed E-state index contributed by atoms with van der Waals surface area (Å²) in [6, 6.07) is 5.83. The molecule has 1 aliphatic carbocycles. The van der Waals surface area contributed by atoms with Crippen LogP contribution < -0.4 is 16.0 Å². The molecule has 3 rings (SSSR count). The molecule has 1 aliphatic heterocycles. The van der Waals surface area contributed by atoms with E-state index in [1.807, 2.05) is 0 Å². The lowest BCUT2D eigenvalue weighted by Crippen LogP contribution is -2.38. The molecule has 7 nitrogen and oxygen atoms in total. The lowest BCUT2D eigenvalue weighted by Gasteiger charge is -2.13. The van der Waals surface area contributed by atoms with Crippen molar-refractivity contribution >= 4 is 27.5 Å². The van der Waals surface area contributed by atoms with Crippen molar-refractivity contribution < 1.29 is 18.0 Å². The molecule has 28 heavy (non-hydrogen) atoms. The summed E-state index contributed by atoms with van der Waals surface area (Å²) in [5.74, 6) is -0.0429. The molecule has 0 radical (unpaired) electrons. The number of hydrogen-bond donors (Lipinski definition) is 3. The van der Waals surface area contributed by atoms with Crippen LogP contribution in [0.4, 0.5) is 10.5 Å². The fourth-order valence-corrected chi connectivity index (χ4v) is 5.21. The van der Waals surface area contributed by atoms with E-state index in [9.17, 15) is 18.0 Å². The van der Waals surface area contributed by atoms with E-state index in [1.54, 1.807) is 24.3 Å². The van der Waals surface area contributed by atoms with Crippen LogP contribution in [-0.2, 0) is 9.84 Å². The van der Waals surface area contributed by atoms with Gasteiger partial charge in [-0.15, -0.1) is 0 Å². The Balaban J connectivity index is 1.43. The number of sulfone groups is 1. The van der Waals surface area contributed by atoms with Crippen molar-refractivity contribution in [2.75, 3.05) is 23.4 Å². The minimum Gasteiger partial charge on any atom is -0.352 e. The zero-order chi connectivity index (χ0) is 20.0. The van der Waals surface area contributed by atoms with Gasteiger partial charge < -0.3 is 16.0 Å². The Morgan fingerprint density at radius 1 is 1.11 bits per heavy atom. The predicted molar refractivity (Wildman–Crippen MR) is 109 cm³/mol. The van der Waals surface area contributed by atoms with Gasteiger partial charge in [0.15, 0.2) is 9.84 Å². The van der Waals surface area contributed by atoms with Crippen LogP contribution in [0, 0.1) is 0 Å². The summed E-state index contributed by atoms with van der Waals surface area (Å²) >= 11 is 0. The summed E-state index contributed by atoms with van der Waals surface area (Å²) < 4.78 is 22.9. The minimum absolute atomic E-state index is 0.0174. The Hall–Kier alpha value is -2.35. The van der Waals surface area contributed by atoms with Gasteiger partial charge in [-0.05, 0) is 62.8 Å². The first-order chi connectivity index (χ1) is 13.4. The molecule has 1 saturated heterocycles. The van der Waals surface area contributed by atoms with Gasteiger partial charge in [0.25, 0.3) is 5.91 Å². The second kappa shape index (κ2) is 9.23. The molecule has 1 aromatic rings. The summed E-state index contributed by atoms with van der Waals surface area (Å²) in [5.41, 5.74) is 2.50. The second-order valence-corrected chi connectivity index (χ2v) is 9.62. The molecular formula is C20H27N3O4S. The normalized spacial score (nSPS) is 20.9. The van der Waals surface area contributed by atoms with Gasteiger partial charge in [0.2, 0.25) is 0 Å². The third-order valence-corrected chi connectivity index (χ3v) is 6.86. The molecule has 152 valence electrons. The van der Waals surface area contributed by atoms with Crippen LogP contribution in [0.5, 0.6) is 0 Å². The van der Waals surface area contributed by atoms with Gasteiger partial charge in [-0.25, -0.2) is 13.2 Å². The molecule has 8 heteroatoms. The van der Waals surface area contributed by atoms with Crippen molar-refractivity contribution in [2.24, 2.45) is 0 Å². The number of rotatable bonds is 6. The molecule has 0 unspecified atom stereocenters. The summed E-state index contributed by atoms with van der Waals surface area (Å²) in [4.78, 5) is 24.2. The first-order valence-corrected chi connectivity index (χ1v) is 11.6. The number of anilines is 1. The fourth-order valence-electron chi connectivity index (χ4n) is 3.54. The van der Waals surface area contributed by atoms with E-state index < -0.39 is 15.9 Å². The van der Waals surface area contributed by atoms with Gasteiger partial charge in [0, 0.05) is 23.8 Å². The Kier molecular flexibility index (Phi) is 6.72. The molecule has 1 fully saturated rings. The van der Waals surface area contributed by atoms with E-state index in [4.69, 9.17) is 0 Å². The first kappa shape index (κ1) is 20.4. The maximum absolute atomic E-state index is 12.2. The highest BCUT2D eigenvalue weighted by Gasteiger charge is 2.28. The third kappa shape index (κ3) is 6.09. The van der Waals surface area contributed by atoms with Crippen molar-refractivity contribution in [1.29, 1.82) is 0 Å². The van der Waals surface area contributed by atoms with Crippen LogP contribution in [0.15, 0.2) is 35.9 Å². The summed E-state index contributed by atoms with van der Waals surface area (Å²) in [6.45, 7) is 0.622. The van der Waals surface area contributed by atoms with E-state index in [-0.39, 0.29) is 23.5 Å². The predicted octanol–water partition coefficient (Wildman–Crippen LogP) is 2.62. The van der Waals surface area contributed by atoms with Crippen molar-refractivity contribution in [3.05, 3.63) is 41.5 Å². The van der Waals surface area contributed by atoms with Gasteiger partial charge in [-0.2, -0.15) is 0 Å². The quantitative estimate of drug-likeness (QED) is 0.633. The number of carbonyl (C=O) groups excluding carboxylic acids is 2. The third-order valence-electron chi connectivity index (χ3n) is 5.09. The SMILES string of the molecule is O=C(Nc1ccc(C(=O)NCCC2=CCCCC2)cc1)N[C@H]1CCS(=O)(=O)C1. The average Bonchev–Trinajstić information content (AvgIpc) is 3.01. The second-order valence-electron chi connectivity index (χ2n) is 7.39. The van der Waals surface area contributed by atoms with Crippen LogP contribution >= 0.6 is 0 Å². The van der Waals surface area contributed by atoms with E-state index in [1.165, 1.54) is 18.4 Å². The number of benzene rings is 1. The van der Waals surface area contributed by atoms with Gasteiger partial charge in [0.1, 0.15) is 0 Å². The van der Waals surface area contributed by atoms with Crippen LogP contribution in [0.25, 0.3) is 0 Å². The molecule has 0 aromatic heterocycles. The molecule has 2 aliphatic rings. The van der Waals surface area contributed by atoms with Crippen LogP contribution in [0.2, 0.25) is 0 Å². The Morgan fingerprint density at radius 2 is 1.89 bits per heavy atom. The number of carbonyl (C=O) groups is 2. The topological polar surface area (TPSA) is 104 Å². The van der Waals surface area contributed by atoms with Crippen molar-refractivity contribution in [1.82, 2.24) is 10.6 Å². The van der Waals surface area contributed by atoms with E-state index >= 15 is 0 Å². The van der Waals surface area contributed by atoms with Gasteiger partial charge in [0.05, 0.1) is 11.5 Å². The van der Waals surface area contributed by atoms with Crippen LogP contribution in [0.1, 0.15) is 48.9 Å². The van der Waals surface area contributed by atoms with Crippen molar-refractivity contribution in [3.63, 3.8) is 0 Å². The van der Waals surface area contributed by atoms with Crippen LogP contribution in [-0.4, -0.2) is 44.4 Å². The number of urea groups is 1. The van der Waals surface area contributed by atoms with Gasteiger partial charge in [-0.3, -0.25) is 4.79 Å². The van der Waals surface area contributed by atoms with E-state index in [0.717, 1.165) is 19.3 Å². The van der Waals surface area contributed by atoms with Crippen LogP contribution in [0.3, 0.4) is 0 Å². The number of amides is 3. The molecule has 1 aromatic carbocycles. The molecule has 1 atom stereocenters. The molecule has 1 heterocycles. The molecule has 3 N–H and O–H groups in total. The lowest BCUT2D eigenvalue weighted by atomic mass is 9.97. The summed E-state index contributed by atoms with van der Waals surface area (Å²) in [6.07, 6.45) is 8.37. The zero-order valence-corrected chi connectivity index (χ0v) is 16.7. The Labute approximate surface area is 165 Å². The molecule has 3 amide bonds. The van der Waals surface area contributed by atoms with E-state index in [2.05, 4.69) is 22.0 Å². The highest BCUT2D eigenvalue weighted by atomic mass is 32.2. The average molecular weight is 406 g/mol. The fraction of sp³-hybridized carbons (Fsp3) is 0.500. The maximum Gasteiger partial charge on any atom is 0.319 e. The molecule has 0 spiro atoms. The molecule has 0 saturated carbocycles. The summed E-state index contributed by atoms with van der Waals surface area (Å²) in [7, 11) is -3.03. The summed E-state index contributed by atoms with van der Waals surface area (Å²) in [5, 5.41) is 8.26. The van der Waals surface area contributed by atoms with Crippen molar-refractivity contribution in [2.45, 2.75) is 44.6 Å². The number of hydrogen-bond acceptors (Lipinski definition) is 4. The highest BCUT2D eigenvalue weighted by Crippen LogP contribution is 2.19. The largest absolute Gasteiger partial charge is 0.352 e. The first-order valence-electron chi connectivity index (χ1n) is 9.75. The Morgan fingerprint density at radius 3 is 2.54 bits per heavy atom. The standard InChI is InChI=1S/C20H27N3O4S/c24-19(21-12-10-15-4-2-1-3-5-15)16-6-8-17(9-7-16)22-20(25)23-18-11-13-28(26,27)14-18/h4,6-9,18H,1-3,5,10-14H2,(H,21,24)(H2,22,23,25)/t18-/m0/s1. The highest BCUT2D eigenvalue weighted by molar-refractivity contribution is 7.91. The smallest absolute Gasteiger partial charge is 0.319 e. The maximum atomic E-state index is 12.2. The lowest BCUT2D eigenvalue weighted by molar-refractivity contribution is 0.0954. The number of nitrogens with one attached hydrogen (secondary N) is 3. The minimum atomic E-state index is -3.03. The van der Waals surface area contributed by atoms with E-state index in [0.29, 0.717) is 24.2 Å². The van der Waals surface area contributed by atoms with Crippen molar-refractivity contribution in [3.8, 4) is 0 Å². The molecule has 0 bridgehead atoms. The Bertz CT molecular complexity index is 847. The van der Waals surface area contributed by atoms with Gasteiger partial charge >= 0.3 is 6.03 Å².